The Morgan fingerprint density at radius 2 is 2.10 bits per heavy atom. The second-order valence-corrected chi connectivity index (χ2v) is 5.11. The summed E-state index contributed by atoms with van der Waals surface area (Å²) in [5.41, 5.74) is 3.29. The first-order valence-corrected chi connectivity index (χ1v) is 7.28. The van der Waals surface area contributed by atoms with Crippen LogP contribution in [0.2, 0.25) is 0 Å². The number of ether oxygens (including phenoxy) is 1. The maximum absolute atomic E-state index is 5.72. The largest absolute Gasteiger partial charge is 0.492 e. The molecule has 1 aromatic heterocycles. The molecule has 1 aromatic carbocycles. The van der Waals surface area contributed by atoms with Gasteiger partial charge in [0.1, 0.15) is 11.3 Å². The number of aromatic nitrogens is 1. The molecule has 0 radical (unpaired) electrons. The lowest BCUT2D eigenvalue weighted by atomic mass is 10.1. The number of para-hydroxylation sites is 1. The molecule has 0 unspecified atom stereocenters. The van der Waals surface area contributed by atoms with Crippen LogP contribution in [0.15, 0.2) is 24.3 Å². The fourth-order valence-electron chi connectivity index (χ4n) is 2.77. The number of fused-ring (bicyclic) bond motifs is 1. The van der Waals surface area contributed by atoms with Gasteiger partial charge >= 0.3 is 0 Å². The summed E-state index contributed by atoms with van der Waals surface area (Å²) in [7, 11) is 0. The van der Waals surface area contributed by atoms with Crippen LogP contribution in [0, 0.1) is 6.92 Å². The van der Waals surface area contributed by atoms with Gasteiger partial charge in [0.2, 0.25) is 0 Å². The van der Waals surface area contributed by atoms with Crippen molar-refractivity contribution < 1.29 is 4.74 Å². The molecular formula is C16H21N3O. The minimum atomic E-state index is 0.664. The van der Waals surface area contributed by atoms with Gasteiger partial charge in [0.15, 0.2) is 0 Å². The predicted octanol–water partition coefficient (Wildman–Crippen LogP) is 2.35. The Morgan fingerprint density at radius 3 is 2.85 bits per heavy atom. The molecule has 2 aromatic rings. The Bertz CT molecular complexity index is 606. The Hall–Kier alpha value is -1.81. The van der Waals surface area contributed by atoms with Crippen LogP contribution in [0.25, 0.3) is 10.9 Å². The molecule has 0 atom stereocenters. The highest BCUT2D eigenvalue weighted by Crippen LogP contribution is 2.32. The summed E-state index contributed by atoms with van der Waals surface area (Å²) in [6.07, 6.45) is 0. The van der Waals surface area contributed by atoms with Gasteiger partial charge < -0.3 is 15.0 Å². The molecular weight excluding hydrogens is 250 g/mol. The summed E-state index contributed by atoms with van der Waals surface area (Å²) in [5, 5.41) is 4.58. The molecule has 20 heavy (non-hydrogen) atoms. The maximum Gasteiger partial charge on any atom is 0.145 e. The second-order valence-electron chi connectivity index (χ2n) is 5.11. The van der Waals surface area contributed by atoms with Gasteiger partial charge in [0.05, 0.1) is 6.61 Å². The highest BCUT2D eigenvalue weighted by Gasteiger charge is 2.16. The average molecular weight is 271 g/mol. The zero-order valence-electron chi connectivity index (χ0n) is 12.1. The van der Waals surface area contributed by atoms with Crippen molar-refractivity contribution in [2.24, 2.45) is 0 Å². The molecule has 106 valence electrons. The van der Waals surface area contributed by atoms with Crippen molar-refractivity contribution >= 4 is 16.6 Å². The van der Waals surface area contributed by atoms with Crippen LogP contribution in [0.1, 0.15) is 12.6 Å². The summed E-state index contributed by atoms with van der Waals surface area (Å²) in [6.45, 7) is 8.87. The highest BCUT2D eigenvalue weighted by molar-refractivity contribution is 5.95. The Kier molecular flexibility index (Phi) is 3.74. The molecule has 0 amide bonds. The number of nitrogens with zero attached hydrogens (tertiary/aromatic N) is 2. The summed E-state index contributed by atoms with van der Waals surface area (Å²) in [5.74, 6) is 0.880. The molecule has 1 aliphatic heterocycles. The third-order valence-corrected chi connectivity index (χ3v) is 3.67. The van der Waals surface area contributed by atoms with Crippen LogP contribution >= 0.6 is 0 Å². The third-order valence-electron chi connectivity index (χ3n) is 3.67. The quantitative estimate of drug-likeness (QED) is 0.930. The lowest BCUT2D eigenvalue weighted by Gasteiger charge is -2.30. The third kappa shape index (κ3) is 2.43. The summed E-state index contributed by atoms with van der Waals surface area (Å²) in [4.78, 5) is 7.12. The highest BCUT2D eigenvalue weighted by atomic mass is 16.5. The van der Waals surface area contributed by atoms with E-state index in [1.165, 1.54) is 11.1 Å². The van der Waals surface area contributed by atoms with Gasteiger partial charge in [-0.25, -0.2) is 4.98 Å². The van der Waals surface area contributed by atoms with Crippen LogP contribution in [0.3, 0.4) is 0 Å². The van der Waals surface area contributed by atoms with Gasteiger partial charge in [-0.15, -0.1) is 0 Å². The maximum atomic E-state index is 5.72. The van der Waals surface area contributed by atoms with Crippen LogP contribution in [-0.2, 0) is 0 Å². The first-order chi connectivity index (χ1) is 9.79. The number of benzene rings is 1. The number of aryl methyl sites for hydroxylation is 1. The molecule has 4 heteroatoms. The number of nitrogens with one attached hydrogen (secondary N) is 1. The second kappa shape index (κ2) is 5.67. The lowest BCUT2D eigenvalue weighted by Crippen LogP contribution is -2.43. The monoisotopic (exact) mass is 271 g/mol. The van der Waals surface area contributed by atoms with Crippen molar-refractivity contribution in [3.63, 3.8) is 0 Å². The predicted molar refractivity (Wildman–Crippen MR) is 82.7 cm³/mol. The number of rotatable bonds is 3. The van der Waals surface area contributed by atoms with Crippen molar-refractivity contribution in [1.29, 1.82) is 0 Å². The zero-order chi connectivity index (χ0) is 13.9. The van der Waals surface area contributed by atoms with Crippen molar-refractivity contribution in [2.75, 3.05) is 37.7 Å². The van der Waals surface area contributed by atoms with E-state index in [-0.39, 0.29) is 0 Å². The molecule has 0 spiro atoms. The van der Waals surface area contributed by atoms with E-state index in [0.717, 1.165) is 43.1 Å². The summed E-state index contributed by atoms with van der Waals surface area (Å²) >= 11 is 0. The van der Waals surface area contributed by atoms with Gasteiger partial charge in [-0.1, -0.05) is 12.1 Å². The first-order valence-electron chi connectivity index (χ1n) is 7.28. The number of piperazine rings is 1. The van der Waals surface area contributed by atoms with E-state index in [1.807, 2.05) is 19.9 Å². The minimum absolute atomic E-state index is 0.664. The van der Waals surface area contributed by atoms with Crippen molar-refractivity contribution in [1.82, 2.24) is 10.3 Å². The van der Waals surface area contributed by atoms with Gasteiger partial charge in [0.25, 0.3) is 0 Å². The van der Waals surface area contributed by atoms with Crippen molar-refractivity contribution in [3.05, 3.63) is 30.0 Å². The fraction of sp³-hybridized carbons (Fsp3) is 0.438. The standard InChI is InChI=1S/C16H21N3O/c1-3-20-15-6-4-5-13-14(11-12(2)18-16(13)15)19-9-7-17-8-10-19/h4-6,11,17H,3,7-10H2,1-2H3. The summed E-state index contributed by atoms with van der Waals surface area (Å²) in [6, 6.07) is 8.38. The molecule has 0 saturated carbocycles. The van der Waals surface area contributed by atoms with Gasteiger partial charge in [-0.2, -0.15) is 0 Å². The van der Waals surface area contributed by atoms with E-state index in [9.17, 15) is 0 Å². The van der Waals surface area contributed by atoms with Gasteiger partial charge in [-0.05, 0) is 26.0 Å². The van der Waals surface area contributed by atoms with Gasteiger partial charge in [-0.3, -0.25) is 0 Å². The molecule has 2 heterocycles. The number of hydrogen-bond donors (Lipinski definition) is 1. The minimum Gasteiger partial charge on any atom is -0.492 e. The Morgan fingerprint density at radius 1 is 1.30 bits per heavy atom. The van der Waals surface area contributed by atoms with Crippen LogP contribution in [0.5, 0.6) is 5.75 Å². The van der Waals surface area contributed by atoms with Crippen molar-refractivity contribution in [2.45, 2.75) is 13.8 Å². The van der Waals surface area contributed by atoms with E-state index in [4.69, 9.17) is 4.74 Å². The molecule has 1 saturated heterocycles. The Balaban J connectivity index is 2.13. The molecule has 1 N–H and O–H groups in total. The van der Waals surface area contributed by atoms with E-state index in [0.29, 0.717) is 6.61 Å². The Labute approximate surface area is 119 Å². The molecule has 0 bridgehead atoms. The lowest BCUT2D eigenvalue weighted by molar-refractivity contribution is 0.343. The average Bonchev–Trinajstić information content (AvgIpc) is 2.48. The SMILES string of the molecule is CCOc1cccc2c(N3CCNCC3)cc(C)nc12. The number of anilines is 1. The number of hydrogen-bond acceptors (Lipinski definition) is 4. The molecule has 1 aliphatic rings. The normalized spacial score (nSPS) is 15.6. The number of pyridine rings is 1. The van der Waals surface area contributed by atoms with E-state index in [2.05, 4.69) is 33.4 Å². The molecule has 1 fully saturated rings. The molecule has 0 aliphatic carbocycles. The van der Waals surface area contributed by atoms with E-state index < -0.39 is 0 Å². The smallest absolute Gasteiger partial charge is 0.145 e. The van der Waals surface area contributed by atoms with Crippen molar-refractivity contribution in [3.8, 4) is 5.75 Å². The summed E-state index contributed by atoms with van der Waals surface area (Å²) < 4.78 is 5.72. The topological polar surface area (TPSA) is 37.4 Å². The first kappa shape index (κ1) is 13.2. The van der Waals surface area contributed by atoms with Crippen LogP contribution in [0.4, 0.5) is 5.69 Å². The van der Waals surface area contributed by atoms with Crippen LogP contribution < -0.4 is 15.0 Å². The molecule has 4 nitrogen and oxygen atoms in total. The van der Waals surface area contributed by atoms with Gasteiger partial charge in [0, 0.05) is 42.9 Å². The van der Waals surface area contributed by atoms with Crippen LogP contribution in [-0.4, -0.2) is 37.8 Å². The van der Waals surface area contributed by atoms with E-state index >= 15 is 0 Å². The van der Waals surface area contributed by atoms with E-state index in [1.54, 1.807) is 0 Å². The molecule has 3 rings (SSSR count). The zero-order valence-corrected chi connectivity index (χ0v) is 12.1. The fourth-order valence-corrected chi connectivity index (χ4v) is 2.77.